The highest BCUT2D eigenvalue weighted by Gasteiger charge is 2.44. The molecule has 1 aromatic carbocycles. The van der Waals surface area contributed by atoms with Gasteiger partial charge in [-0.15, -0.1) is 0 Å². The molecule has 4 nitrogen and oxygen atoms in total. The first-order valence-electron chi connectivity index (χ1n) is 8.69. The van der Waals surface area contributed by atoms with Gasteiger partial charge in [-0.25, -0.2) is 0 Å². The Labute approximate surface area is 140 Å². The molecule has 1 atom stereocenters. The maximum atomic E-state index is 12.8. The maximum Gasteiger partial charge on any atom is 0.318 e. The monoisotopic (exact) mass is 318 g/mol. The van der Waals surface area contributed by atoms with E-state index in [1.165, 1.54) is 0 Å². The molecule has 2 rings (SSSR count). The molecule has 0 aromatic heterocycles. The summed E-state index contributed by atoms with van der Waals surface area (Å²) in [5.41, 5.74) is 0.656. The average molecular weight is 318 g/mol. The van der Waals surface area contributed by atoms with Crippen molar-refractivity contribution in [1.82, 2.24) is 10.2 Å². The van der Waals surface area contributed by atoms with Crippen molar-refractivity contribution < 1.29 is 9.53 Å². The Morgan fingerprint density at radius 3 is 2.52 bits per heavy atom. The van der Waals surface area contributed by atoms with Crippen molar-refractivity contribution >= 4 is 5.97 Å². The summed E-state index contributed by atoms with van der Waals surface area (Å²) in [4.78, 5) is 15.0. The van der Waals surface area contributed by atoms with Gasteiger partial charge in [-0.05, 0) is 58.9 Å². The number of esters is 1. The van der Waals surface area contributed by atoms with Gasteiger partial charge in [-0.1, -0.05) is 43.2 Å². The van der Waals surface area contributed by atoms with E-state index in [2.05, 4.69) is 36.4 Å². The van der Waals surface area contributed by atoms with Crippen LogP contribution in [0, 0.1) is 0 Å². The fourth-order valence-corrected chi connectivity index (χ4v) is 3.36. The van der Waals surface area contributed by atoms with E-state index in [4.69, 9.17) is 4.74 Å². The second kappa shape index (κ2) is 8.46. The van der Waals surface area contributed by atoms with Crippen molar-refractivity contribution in [1.29, 1.82) is 0 Å². The lowest BCUT2D eigenvalue weighted by atomic mass is 9.79. The van der Waals surface area contributed by atoms with Crippen LogP contribution in [0.15, 0.2) is 30.3 Å². The first kappa shape index (κ1) is 18.0. The van der Waals surface area contributed by atoms with Gasteiger partial charge in [-0.2, -0.15) is 0 Å². The van der Waals surface area contributed by atoms with Gasteiger partial charge in [0.2, 0.25) is 0 Å². The summed E-state index contributed by atoms with van der Waals surface area (Å²) < 4.78 is 5.74. The minimum Gasteiger partial charge on any atom is -0.446 e. The molecule has 0 aliphatic heterocycles. The third-order valence-electron chi connectivity index (χ3n) is 4.67. The van der Waals surface area contributed by atoms with Gasteiger partial charge in [0.15, 0.2) is 6.23 Å². The maximum absolute atomic E-state index is 12.8. The first-order chi connectivity index (χ1) is 11.0. The summed E-state index contributed by atoms with van der Waals surface area (Å²) in [6.45, 7) is 3.80. The van der Waals surface area contributed by atoms with Crippen LogP contribution in [0.3, 0.4) is 0 Å². The number of rotatable bonds is 8. The Hall–Kier alpha value is -1.39. The fourth-order valence-electron chi connectivity index (χ4n) is 3.36. The molecule has 1 saturated carbocycles. The molecule has 1 unspecified atom stereocenters. The Morgan fingerprint density at radius 1 is 1.26 bits per heavy atom. The summed E-state index contributed by atoms with van der Waals surface area (Å²) in [6.07, 6.45) is 4.76. The zero-order valence-corrected chi connectivity index (χ0v) is 14.7. The van der Waals surface area contributed by atoms with E-state index in [9.17, 15) is 4.79 Å². The molecule has 128 valence electrons. The van der Waals surface area contributed by atoms with E-state index in [1.54, 1.807) is 0 Å². The molecule has 23 heavy (non-hydrogen) atoms. The molecule has 0 bridgehead atoms. The highest BCUT2D eigenvalue weighted by atomic mass is 16.6. The van der Waals surface area contributed by atoms with Crippen LogP contribution >= 0.6 is 0 Å². The number of carbonyl (C=O) groups excluding carboxylic acids is 1. The number of nitrogens with zero attached hydrogens (tertiary/aromatic N) is 1. The molecule has 0 saturated heterocycles. The topological polar surface area (TPSA) is 41.6 Å². The predicted molar refractivity (Wildman–Crippen MR) is 93.3 cm³/mol. The van der Waals surface area contributed by atoms with E-state index in [1.807, 2.05) is 25.1 Å². The average Bonchev–Trinajstić information content (AvgIpc) is 3.03. The van der Waals surface area contributed by atoms with Crippen LogP contribution in [0.25, 0.3) is 0 Å². The molecular formula is C19H30N2O2. The van der Waals surface area contributed by atoms with Crippen LogP contribution < -0.4 is 5.32 Å². The summed E-state index contributed by atoms with van der Waals surface area (Å²) in [7, 11) is 4.13. The minimum atomic E-state index is -0.444. The van der Waals surface area contributed by atoms with Crippen molar-refractivity contribution in [3.8, 4) is 0 Å². The van der Waals surface area contributed by atoms with Gasteiger partial charge >= 0.3 is 5.97 Å². The summed E-state index contributed by atoms with van der Waals surface area (Å²) >= 11 is 0. The summed E-state index contributed by atoms with van der Waals surface area (Å²) in [5, 5.41) is 3.29. The molecule has 1 aromatic rings. The largest absolute Gasteiger partial charge is 0.446 e. The third-order valence-corrected chi connectivity index (χ3v) is 4.67. The third kappa shape index (κ3) is 4.79. The molecule has 0 heterocycles. The minimum absolute atomic E-state index is 0.0752. The molecule has 0 amide bonds. The van der Waals surface area contributed by atoms with Crippen molar-refractivity contribution in [3.63, 3.8) is 0 Å². The normalized spacial score (nSPS) is 18.1. The number of hydrogen-bond acceptors (Lipinski definition) is 4. The zero-order chi connectivity index (χ0) is 16.7. The quantitative estimate of drug-likeness (QED) is 0.454. The Kier molecular flexibility index (Phi) is 6.60. The second-order valence-electron chi connectivity index (χ2n) is 6.81. The van der Waals surface area contributed by atoms with Crippen LogP contribution in [0.2, 0.25) is 0 Å². The van der Waals surface area contributed by atoms with Gasteiger partial charge in [0.25, 0.3) is 0 Å². The van der Waals surface area contributed by atoms with Gasteiger partial charge in [0.1, 0.15) is 0 Å². The Morgan fingerprint density at radius 2 is 1.91 bits per heavy atom. The second-order valence-corrected chi connectivity index (χ2v) is 6.81. The lowest BCUT2D eigenvalue weighted by Gasteiger charge is -2.29. The molecule has 1 aliphatic rings. The molecular weight excluding hydrogens is 288 g/mol. The van der Waals surface area contributed by atoms with Crippen LogP contribution in [0.5, 0.6) is 0 Å². The number of hydrogen-bond donors (Lipinski definition) is 1. The lowest BCUT2D eigenvalue weighted by Crippen LogP contribution is -2.41. The molecule has 4 heteroatoms. The van der Waals surface area contributed by atoms with E-state index in [-0.39, 0.29) is 12.2 Å². The molecule has 0 spiro atoms. The Balaban J connectivity index is 1.92. The van der Waals surface area contributed by atoms with Gasteiger partial charge in [0.05, 0.1) is 5.41 Å². The van der Waals surface area contributed by atoms with Crippen molar-refractivity contribution in [3.05, 3.63) is 35.9 Å². The van der Waals surface area contributed by atoms with Crippen molar-refractivity contribution in [2.45, 2.75) is 50.7 Å². The van der Waals surface area contributed by atoms with E-state index in [0.717, 1.165) is 50.8 Å². The predicted octanol–water partition coefficient (Wildman–Crippen LogP) is 2.93. The SMILES string of the molecule is CC(NCCCN(C)C)OC(=O)C1(c2ccccc2)CCCC1. The van der Waals surface area contributed by atoms with Crippen molar-refractivity contribution in [2.24, 2.45) is 0 Å². The molecule has 1 N–H and O–H groups in total. The highest BCUT2D eigenvalue weighted by molar-refractivity contribution is 5.83. The zero-order valence-electron chi connectivity index (χ0n) is 14.7. The first-order valence-corrected chi connectivity index (χ1v) is 8.69. The van der Waals surface area contributed by atoms with E-state index in [0.29, 0.717) is 0 Å². The highest BCUT2D eigenvalue weighted by Crippen LogP contribution is 2.42. The fraction of sp³-hybridized carbons (Fsp3) is 0.632. The number of carbonyl (C=O) groups is 1. The van der Waals surface area contributed by atoms with Crippen LogP contribution in [0.4, 0.5) is 0 Å². The van der Waals surface area contributed by atoms with Gasteiger partial charge in [0, 0.05) is 0 Å². The summed E-state index contributed by atoms with van der Waals surface area (Å²) in [5.74, 6) is -0.0752. The number of benzene rings is 1. The number of ether oxygens (including phenoxy) is 1. The van der Waals surface area contributed by atoms with Crippen LogP contribution in [0.1, 0.15) is 44.6 Å². The van der Waals surface area contributed by atoms with Crippen molar-refractivity contribution in [2.75, 3.05) is 27.2 Å². The van der Waals surface area contributed by atoms with Gasteiger partial charge in [-0.3, -0.25) is 10.1 Å². The van der Waals surface area contributed by atoms with Gasteiger partial charge < -0.3 is 9.64 Å². The number of nitrogens with one attached hydrogen (secondary N) is 1. The molecule has 1 aliphatic carbocycles. The lowest BCUT2D eigenvalue weighted by molar-refractivity contribution is -0.156. The summed E-state index contributed by atoms with van der Waals surface area (Å²) in [6, 6.07) is 10.1. The van der Waals surface area contributed by atoms with Crippen LogP contribution in [-0.4, -0.2) is 44.3 Å². The Bertz CT molecular complexity index is 481. The smallest absolute Gasteiger partial charge is 0.318 e. The molecule has 0 radical (unpaired) electrons. The van der Waals surface area contributed by atoms with E-state index >= 15 is 0 Å². The van der Waals surface area contributed by atoms with Crippen LogP contribution in [-0.2, 0) is 14.9 Å². The van der Waals surface area contributed by atoms with E-state index < -0.39 is 5.41 Å². The molecule has 1 fully saturated rings. The standard InChI is InChI=1S/C19H30N2O2/c1-16(20-14-9-15-21(2)3)23-18(22)19(12-7-8-13-19)17-10-5-4-6-11-17/h4-6,10-11,16,20H,7-9,12-15H2,1-3H3.